The number of nitrogens with zero attached hydrogens (tertiary/aromatic N) is 3. The van der Waals surface area contributed by atoms with Gasteiger partial charge in [0.2, 0.25) is 5.91 Å². The first kappa shape index (κ1) is 17.2. The van der Waals surface area contributed by atoms with Gasteiger partial charge in [0.25, 0.3) is 0 Å². The molecule has 0 spiro atoms. The Bertz CT molecular complexity index is 812. The van der Waals surface area contributed by atoms with Crippen molar-refractivity contribution in [3.05, 3.63) is 52.8 Å². The summed E-state index contributed by atoms with van der Waals surface area (Å²) in [7, 11) is 1.79. The Morgan fingerprint density at radius 2 is 2.12 bits per heavy atom. The molecule has 0 saturated carbocycles. The van der Waals surface area contributed by atoms with Crippen LogP contribution in [0.1, 0.15) is 34.7 Å². The van der Waals surface area contributed by atoms with Crippen molar-refractivity contribution in [1.82, 2.24) is 14.7 Å². The number of amides is 1. The summed E-state index contributed by atoms with van der Waals surface area (Å²) >= 11 is 0. The number of aryl methyl sites for hydroxylation is 3. The molecule has 25 heavy (non-hydrogen) atoms. The van der Waals surface area contributed by atoms with Crippen molar-refractivity contribution < 1.29 is 14.7 Å². The molecule has 1 aromatic carbocycles. The first-order valence-electron chi connectivity index (χ1n) is 8.43. The van der Waals surface area contributed by atoms with Crippen LogP contribution in [0.2, 0.25) is 0 Å². The zero-order chi connectivity index (χ0) is 18.1. The number of aromatic nitrogens is 2. The molecule has 1 aliphatic rings. The highest BCUT2D eigenvalue weighted by molar-refractivity contribution is 5.87. The molecule has 0 aliphatic carbocycles. The molecule has 1 fully saturated rings. The van der Waals surface area contributed by atoms with E-state index in [1.54, 1.807) is 29.0 Å². The molecule has 1 amide bonds. The number of carbonyl (C=O) groups excluding carboxylic acids is 1. The van der Waals surface area contributed by atoms with Gasteiger partial charge in [-0.2, -0.15) is 5.10 Å². The standard InChI is InChI=1S/C19H23N3O3/c1-12-4-5-14(13(2)8-12)6-7-22-17(23)9-16(19(24)25)18(22)15-10-20-21(3)11-15/h4-5,8,10-11,16,18H,6-7,9H2,1-3H3,(H,24,25). The fourth-order valence-electron chi connectivity index (χ4n) is 3.65. The van der Waals surface area contributed by atoms with E-state index in [-0.39, 0.29) is 12.3 Å². The van der Waals surface area contributed by atoms with E-state index < -0.39 is 17.9 Å². The van der Waals surface area contributed by atoms with Gasteiger partial charge >= 0.3 is 5.97 Å². The molecule has 2 atom stereocenters. The second-order valence-electron chi connectivity index (χ2n) is 6.81. The van der Waals surface area contributed by atoms with Crippen molar-refractivity contribution in [2.75, 3.05) is 6.54 Å². The number of aliphatic carboxylic acids is 1. The minimum absolute atomic E-state index is 0.0434. The zero-order valence-electron chi connectivity index (χ0n) is 14.8. The number of hydrogen-bond acceptors (Lipinski definition) is 3. The topological polar surface area (TPSA) is 75.4 Å². The summed E-state index contributed by atoms with van der Waals surface area (Å²) in [6, 6.07) is 5.82. The minimum atomic E-state index is -0.934. The maximum Gasteiger partial charge on any atom is 0.309 e. The molecular formula is C19H23N3O3. The molecule has 6 nitrogen and oxygen atoms in total. The van der Waals surface area contributed by atoms with Crippen LogP contribution in [-0.4, -0.2) is 38.2 Å². The summed E-state index contributed by atoms with van der Waals surface area (Å²) in [6.07, 6.45) is 4.20. The largest absolute Gasteiger partial charge is 0.481 e. The molecule has 1 aromatic heterocycles. The Balaban J connectivity index is 1.84. The van der Waals surface area contributed by atoms with E-state index in [0.717, 1.165) is 5.56 Å². The molecule has 6 heteroatoms. The van der Waals surface area contributed by atoms with Crippen molar-refractivity contribution in [3.8, 4) is 0 Å². The van der Waals surface area contributed by atoms with Crippen molar-refractivity contribution in [2.24, 2.45) is 13.0 Å². The number of benzene rings is 1. The average Bonchev–Trinajstić information content (AvgIpc) is 3.10. The van der Waals surface area contributed by atoms with Crippen LogP contribution in [-0.2, 0) is 23.1 Å². The van der Waals surface area contributed by atoms with E-state index in [1.165, 1.54) is 16.7 Å². The van der Waals surface area contributed by atoms with Gasteiger partial charge in [-0.3, -0.25) is 14.3 Å². The summed E-state index contributed by atoms with van der Waals surface area (Å²) in [5, 5.41) is 13.7. The van der Waals surface area contributed by atoms with Gasteiger partial charge in [-0.15, -0.1) is 0 Å². The smallest absolute Gasteiger partial charge is 0.309 e. The average molecular weight is 341 g/mol. The molecule has 2 unspecified atom stereocenters. The van der Waals surface area contributed by atoms with Gasteiger partial charge in [0, 0.05) is 31.8 Å². The number of rotatable bonds is 5. The number of hydrogen-bond donors (Lipinski definition) is 1. The highest BCUT2D eigenvalue weighted by Crippen LogP contribution is 2.38. The summed E-state index contributed by atoms with van der Waals surface area (Å²) in [5.41, 5.74) is 4.36. The van der Waals surface area contributed by atoms with Crippen molar-refractivity contribution in [3.63, 3.8) is 0 Å². The van der Waals surface area contributed by atoms with Gasteiger partial charge in [0.1, 0.15) is 0 Å². The summed E-state index contributed by atoms with van der Waals surface area (Å²) in [5.74, 6) is -1.77. The fraction of sp³-hybridized carbons (Fsp3) is 0.421. The number of carboxylic acid groups (broad SMARTS) is 1. The molecule has 1 aliphatic heterocycles. The number of carboxylic acids is 1. The highest BCUT2D eigenvalue weighted by atomic mass is 16.4. The second-order valence-corrected chi connectivity index (χ2v) is 6.81. The molecule has 132 valence electrons. The van der Waals surface area contributed by atoms with Gasteiger partial charge in [0.15, 0.2) is 0 Å². The Labute approximate surface area is 147 Å². The Morgan fingerprint density at radius 1 is 1.36 bits per heavy atom. The van der Waals surface area contributed by atoms with Crippen LogP contribution >= 0.6 is 0 Å². The molecule has 1 saturated heterocycles. The predicted molar refractivity (Wildman–Crippen MR) is 93.0 cm³/mol. The molecule has 2 heterocycles. The maximum absolute atomic E-state index is 12.5. The van der Waals surface area contributed by atoms with Crippen LogP contribution in [0, 0.1) is 19.8 Å². The lowest BCUT2D eigenvalue weighted by molar-refractivity contribution is -0.142. The van der Waals surface area contributed by atoms with Crippen LogP contribution in [0.4, 0.5) is 0 Å². The lowest BCUT2D eigenvalue weighted by Crippen LogP contribution is -2.32. The molecule has 0 radical (unpaired) electrons. The van der Waals surface area contributed by atoms with E-state index in [2.05, 4.69) is 37.1 Å². The summed E-state index contributed by atoms with van der Waals surface area (Å²) in [4.78, 5) is 25.8. The van der Waals surface area contributed by atoms with Gasteiger partial charge < -0.3 is 10.0 Å². The van der Waals surface area contributed by atoms with Crippen LogP contribution < -0.4 is 0 Å². The molecule has 1 N–H and O–H groups in total. The molecule has 3 rings (SSSR count). The summed E-state index contributed by atoms with van der Waals surface area (Å²) < 4.78 is 1.64. The van der Waals surface area contributed by atoms with E-state index in [9.17, 15) is 14.7 Å². The van der Waals surface area contributed by atoms with Crippen LogP contribution in [0.5, 0.6) is 0 Å². The normalized spacial score (nSPS) is 20.3. The van der Waals surface area contributed by atoms with E-state index in [0.29, 0.717) is 13.0 Å². The van der Waals surface area contributed by atoms with E-state index in [4.69, 9.17) is 0 Å². The van der Waals surface area contributed by atoms with Crippen molar-refractivity contribution in [1.29, 1.82) is 0 Å². The maximum atomic E-state index is 12.5. The third-order valence-corrected chi connectivity index (χ3v) is 4.94. The van der Waals surface area contributed by atoms with Crippen LogP contribution in [0.25, 0.3) is 0 Å². The number of likely N-dealkylation sites (tertiary alicyclic amines) is 1. The van der Waals surface area contributed by atoms with Gasteiger partial charge in [-0.05, 0) is 31.4 Å². The quantitative estimate of drug-likeness (QED) is 0.905. The van der Waals surface area contributed by atoms with Crippen LogP contribution in [0.3, 0.4) is 0 Å². The first-order valence-corrected chi connectivity index (χ1v) is 8.43. The summed E-state index contributed by atoms with van der Waals surface area (Å²) in [6.45, 7) is 4.62. The molecular weight excluding hydrogens is 318 g/mol. The van der Waals surface area contributed by atoms with E-state index in [1.807, 2.05) is 0 Å². The lowest BCUT2D eigenvalue weighted by atomic mass is 9.95. The van der Waals surface area contributed by atoms with Crippen molar-refractivity contribution in [2.45, 2.75) is 32.7 Å². The minimum Gasteiger partial charge on any atom is -0.481 e. The zero-order valence-corrected chi connectivity index (χ0v) is 14.8. The Hall–Kier alpha value is -2.63. The fourth-order valence-corrected chi connectivity index (χ4v) is 3.65. The lowest BCUT2D eigenvalue weighted by Gasteiger charge is -2.26. The van der Waals surface area contributed by atoms with Gasteiger partial charge in [-0.25, -0.2) is 0 Å². The van der Waals surface area contributed by atoms with Crippen molar-refractivity contribution >= 4 is 11.9 Å². The highest BCUT2D eigenvalue weighted by Gasteiger charge is 2.44. The Kier molecular flexibility index (Phi) is 4.61. The van der Waals surface area contributed by atoms with Gasteiger partial charge in [-0.1, -0.05) is 23.8 Å². The SMILES string of the molecule is Cc1ccc(CCN2C(=O)CC(C(=O)O)C2c2cnn(C)c2)c(C)c1. The third kappa shape index (κ3) is 3.43. The van der Waals surface area contributed by atoms with Gasteiger partial charge in [0.05, 0.1) is 18.2 Å². The van der Waals surface area contributed by atoms with Crippen LogP contribution in [0.15, 0.2) is 30.6 Å². The monoisotopic (exact) mass is 341 g/mol. The van der Waals surface area contributed by atoms with E-state index >= 15 is 0 Å². The first-order chi connectivity index (χ1) is 11.9. The second kappa shape index (κ2) is 6.70. The molecule has 2 aromatic rings. The predicted octanol–water partition coefficient (Wildman–Crippen LogP) is 2.25. The third-order valence-electron chi connectivity index (χ3n) is 4.94. The Morgan fingerprint density at radius 3 is 2.72 bits per heavy atom. The number of carbonyl (C=O) groups is 2. The molecule has 0 bridgehead atoms.